The molecule has 0 N–H and O–H groups in total. The minimum absolute atomic E-state index is 0.107. The molecule has 72 heavy (non-hydrogen) atoms. The zero-order valence-electron chi connectivity index (χ0n) is 46.1. The van der Waals surface area contributed by atoms with E-state index in [1.54, 1.807) is 0 Å². The molecule has 0 fully saturated rings. The van der Waals surface area contributed by atoms with Gasteiger partial charge in [0.2, 0.25) is 0 Å². The summed E-state index contributed by atoms with van der Waals surface area (Å²) >= 11 is 0. The maximum Gasteiger partial charge on any atom is 0.306 e. The highest BCUT2D eigenvalue weighted by Gasteiger charge is 2.19. The third-order valence-corrected chi connectivity index (χ3v) is 11.6. The highest BCUT2D eigenvalue weighted by Crippen LogP contribution is 2.13. The van der Waals surface area contributed by atoms with E-state index in [1.807, 2.05) is 0 Å². The number of unbranched alkanes of at least 4 members (excludes halogenated alkanes) is 15. The Labute approximate surface area is 442 Å². The van der Waals surface area contributed by atoms with Gasteiger partial charge in [-0.2, -0.15) is 0 Å². The van der Waals surface area contributed by atoms with Crippen LogP contribution < -0.4 is 0 Å². The van der Waals surface area contributed by atoms with Crippen LogP contribution in [0.25, 0.3) is 0 Å². The van der Waals surface area contributed by atoms with Gasteiger partial charge in [0.1, 0.15) is 13.2 Å². The molecule has 0 saturated carbocycles. The summed E-state index contributed by atoms with van der Waals surface area (Å²) in [6, 6.07) is 0. The van der Waals surface area contributed by atoms with Crippen molar-refractivity contribution in [2.75, 3.05) is 13.2 Å². The fraction of sp³-hybridized carbons (Fsp3) is 0.591. The van der Waals surface area contributed by atoms with Crippen LogP contribution in [0.15, 0.2) is 146 Å². The van der Waals surface area contributed by atoms with E-state index in [-0.39, 0.29) is 37.5 Å². The van der Waals surface area contributed by atoms with Gasteiger partial charge in [-0.15, -0.1) is 0 Å². The minimum atomic E-state index is -0.814. The lowest BCUT2D eigenvalue weighted by Crippen LogP contribution is -2.30. The van der Waals surface area contributed by atoms with Gasteiger partial charge < -0.3 is 14.2 Å². The predicted molar refractivity (Wildman–Crippen MR) is 311 cm³/mol. The average Bonchev–Trinajstić information content (AvgIpc) is 3.38. The number of esters is 3. The highest BCUT2D eigenvalue weighted by molar-refractivity contribution is 5.71. The molecule has 0 aromatic heterocycles. The molecular formula is C66H104O6. The maximum atomic E-state index is 12.8. The van der Waals surface area contributed by atoms with Crippen LogP contribution in [0.3, 0.4) is 0 Å². The fourth-order valence-corrected chi connectivity index (χ4v) is 7.33. The molecule has 0 heterocycles. The molecule has 0 saturated heterocycles. The number of rotatable bonds is 50. The summed E-state index contributed by atoms with van der Waals surface area (Å²) in [4.78, 5) is 38.0. The number of carbonyl (C=O) groups excluding carboxylic acids is 3. The number of allylic oxidation sites excluding steroid dienone is 24. The van der Waals surface area contributed by atoms with Gasteiger partial charge in [-0.25, -0.2) is 0 Å². The summed E-state index contributed by atoms with van der Waals surface area (Å²) in [5.41, 5.74) is 0. The molecule has 1 atom stereocenters. The van der Waals surface area contributed by atoms with Gasteiger partial charge in [-0.05, 0) is 122 Å². The SMILES string of the molecule is CC/C=C\C/C=C\C/C=C\C/C=C\C/C=C\C/C=C\C/C=C\C/C=C\CCCCCCC(=O)OCC(COC(=O)CCCCCCCCCCCC)OC(=O)CCCC/C=C\C/C=C\C/C=C\C/C=C\CC. The van der Waals surface area contributed by atoms with Gasteiger partial charge in [0.05, 0.1) is 0 Å². The van der Waals surface area contributed by atoms with E-state index in [4.69, 9.17) is 14.2 Å². The molecule has 0 aliphatic carbocycles. The van der Waals surface area contributed by atoms with Crippen molar-refractivity contribution >= 4 is 17.9 Å². The Balaban J connectivity index is 4.38. The van der Waals surface area contributed by atoms with Crippen molar-refractivity contribution in [3.8, 4) is 0 Å². The zero-order valence-corrected chi connectivity index (χ0v) is 46.1. The van der Waals surface area contributed by atoms with Crippen molar-refractivity contribution in [2.45, 2.75) is 239 Å². The topological polar surface area (TPSA) is 78.9 Å². The predicted octanol–water partition coefficient (Wildman–Crippen LogP) is 19.6. The molecule has 0 amide bonds. The molecule has 0 bridgehead atoms. The maximum absolute atomic E-state index is 12.8. The second kappa shape index (κ2) is 58.9. The monoisotopic (exact) mass is 993 g/mol. The van der Waals surface area contributed by atoms with E-state index in [1.165, 1.54) is 44.9 Å². The van der Waals surface area contributed by atoms with Crippen LogP contribution in [-0.2, 0) is 28.6 Å². The molecule has 6 heteroatoms. The second-order valence-corrected chi connectivity index (χ2v) is 18.4. The van der Waals surface area contributed by atoms with Crippen LogP contribution in [0, 0.1) is 0 Å². The second-order valence-electron chi connectivity index (χ2n) is 18.4. The van der Waals surface area contributed by atoms with Crippen LogP contribution in [0.2, 0.25) is 0 Å². The van der Waals surface area contributed by atoms with Gasteiger partial charge >= 0.3 is 17.9 Å². The largest absolute Gasteiger partial charge is 0.462 e. The van der Waals surface area contributed by atoms with E-state index < -0.39 is 6.10 Å². The van der Waals surface area contributed by atoms with Crippen LogP contribution in [0.5, 0.6) is 0 Å². The van der Waals surface area contributed by atoms with Gasteiger partial charge in [0.15, 0.2) is 6.10 Å². The first-order valence-electron chi connectivity index (χ1n) is 28.8. The summed E-state index contributed by atoms with van der Waals surface area (Å²) in [7, 11) is 0. The molecular weight excluding hydrogens is 889 g/mol. The summed E-state index contributed by atoms with van der Waals surface area (Å²) < 4.78 is 16.8. The lowest BCUT2D eigenvalue weighted by atomic mass is 10.1. The summed E-state index contributed by atoms with van der Waals surface area (Å²) in [6.07, 6.45) is 84.2. The number of ether oxygens (including phenoxy) is 3. The lowest BCUT2D eigenvalue weighted by Gasteiger charge is -2.18. The molecule has 0 rings (SSSR count). The number of hydrogen-bond acceptors (Lipinski definition) is 6. The Kier molecular flexibility index (Phi) is 55.0. The standard InChI is InChI=1S/C66H104O6/c1-4-7-10-13-16-19-22-24-26-27-28-29-30-31-32-33-34-35-36-37-38-39-41-42-44-47-50-53-56-59-65(68)71-62-63(61-70-64(67)58-55-52-49-46-21-18-15-12-9-6-3)72-66(69)60-57-54-51-48-45-43-40-25-23-20-17-14-11-8-5-2/h7-8,10-11,16-17,19-20,24-26,28-29,31-32,34-35,37-38,40-42,45,48,63H,4-6,9,12-15,18,21-23,27,30,33,36,39,43-44,46-47,49-62H2,1-3H3/b10-7-,11-8-,19-16-,20-17-,26-24-,29-28-,32-31-,35-34-,38-37-,40-25-,42-41-,48-45-. The van der Waals surface area contributed by atoms with Crippen molar-refractivity contribution in [1.29, 1.82) is 0 Å². The van der Waals surface area contributed by atoms with Crippen molar-refractivity contribution in [3.63, 3.8) is 0 Å². The Bertz CT molecular complexity index is 1610. The first-order chi connectivity index (χ1) is 35.5. The van der Waals surface area contributed by atoms with Crippen LogP contribution in [-0.4, -0.2) is 37.2 Å². The van der Waals surface area contributed by atoms with Gasteiger partial charge in [-0.3, -0.25) is 14.4 Å². The fourth-order valence-electron chi connectivity index (χ4n) is 7.33. The molecule has 0 aromatic rings. The molecule has 0 spiro atoms. The molecule has 404 valence electrons. The Morgan fingerprint density at radius 2 is 0.542 bits per heavy atom. The number of hydrogen-bond donors (Lipinski definition) is 0. The Morgan fingerprint density at radius 3 is 0.875 bits per heavy atom. The summed E-state index contributed by atoms with van der Waals surface area (Å²) in [6.45, 7) is 6.32. The first kappa shape index (κ1) is 67.3. The van der Waals surface area contributed by atoms with Crippen LogP contribution >= 0.6 is 0 Å². The third-order valence-electron chi connectivity index (χ3n) is 11.6. The van der Waals surface area contributed by atoms with Gasteiger partial charge in [-0.1, -0.05) is 237 Å². The van der Waals surface area contributed by atoms with E-state index >= 15 is 0 Å². The smallest absolute Gasteiger partial charge is 0.306 e. The molecule has 0 radical (unpaired) electrons. The molecule has 0 aliphatic rings. The van der Waals surface area contributed by atoms with Gasteiger partial charge in [0.25, 0.3) is 0 Å². The van der Waals surface area contributed by atoms with Crippen molar-refractivity contribution in [3.05, 3.63) is 146 Å². The highest BCUT2D eigenvalue weighted by atomic mass is 16.6. The van der Waals surface area contributed by atoms with Crippen molar-refractivity contribution < 1.29 is 28.6 Å². The molecule has 0 aromatic carbocycles. The van der Waals surface area contributed by atoms with E-state index in [2.05, 4.69) is 167 Å². The van der Waals surface area contributed by atoms with Crippen molar-refractivity contribution in [1.82, 2.24) is 0 Å². The van der Waals surface area contributed by atoms with Gasteiger partial charge in [0, 0.05) is 19.3 Å². The third kappa shape index (κ3) is 56.2. The Morgan fingerprint density at radius 1 is 0.292 bits per heavy atom. The Hall–Kier alpha value is -4.71. The normalized spacial score (nSPS) is 13.2. The lowest BCUT2D eigenvalue weighted by molar-refractivity contribution is -0.167. The van der Waals surface area contributed by atoms with Crippen LogP contribution in [0.4, 0.5) is 0 Å². The summed E-state index contributed by atoms with van der Waals surface area (Å²) in [5, 5.41) is 0. The zero-order chi connectivity index (χ0) is 52.2. The summed E-state index contributed by atoms with van der Waals surface area (Å²) in [5.74, 6) is -0.984. The van der Waals surface area contributed by atoms with E-state index in [0.29, 0.717) is 19.3 Å². The minimum Gasteiger partial charge on any atom is -0.462 e. The number of carbonyl (C=O) groups is 3. The van der Waals surface area contributed by atoms with E-state index in [0.717, 1.165) is 141 Å². The molecule has 1 unspecified atom stereocenters. The first-order valence-corrected chi connectivity index (χ1v) is 28.8. The molecule has 6 nitrogen and oxygen atoms in total. The van der Waals surface area contributed by atoms with Crippen molar-refractivity contribution in [2.24, 2.45) is 0 Å². The van der Waals surface area contributed by atoms with E-state index in [9.17, 15) is 14.4 Å². The average molecular weight is 994 g/mol. The quantitative estimate of drug-likeness (QED) is 0.0261. The van der Waals surface area contributed by atoms with Crippen LogP contribution in [0.1, 0.15) is 233 Å². The molecule has 0 aliphatic heterocycles.